The predicted octanol–water partition coefficient (Wildman–Crippen LogP) is 9.45. The van der Waals surface area contributed by atoms with Crippen molar-refractivity contribution < 1.29 is 14.4 Å². The Morgan fingerprint density at radius 1 is 0.681 bits per heavy atom. The van der Waals surface area contributed by atoms with Crippen molar-refractivity contribution >= 4 is 62.9 Å². The number of benzene rings is 5. The van der Waals surface area contributed by atoms with Crippen LogP contribution >= 0.6 is 27.7 Å². The van der Waals surface area contributed by atoms with E-state index in [2.05, 4.69) is 45.7 Å². The Morgan fingerprint density at radius 3 is 2.00 bits per heavy atom. The summed E-state index contributed by atoms with van der Waals surface area (Å²) in [4.78, 5) is 41.1. The summed E-state index contributed by atoms with van der Waals surface area (Å²) in [5.41, 5.74) is 4.56. The Kier molecular flexibility index (Phi) is 11.4. The van der Waals surface area contributed by atoms with Gasteiger partial charge in [-0.05, 0) is 83.3 Å². The Labute approximate surface area is 287 Å². The van der Waals surface area contributed by atoms with Crippen LogP contribution < -0.4 is 16.0 Å². The molecule has 0 aromatic heterocycles. The average Bonchev–Trinajstić information content (AvgIpc) is 3.09. The largest absolute Gasteiger partial charge is 0.325 e. The molecule has 5 rings (SSSR count). The third-order valence-corrected chi connectivity index (χ3v) is 9.02. The van der Waals surface area contributed by atoms with Gasteiger partial charge in [0.05, 0.1) is 0 Å². The van der Waals surface area contributed by atoms with Crippen LogP contribution in [0.1, 0.15) is 52.1 Å². The zero-order valence-corrected chi connectivity index (χ0v) is 28.3. The second-order valence-electron chi connectivity index (χ2n) is 11.1. The lowest BCUT2D eigenvalue weighted by molar-refractivity contribution is -0.116. The molecule has 47 heavy (non-hydrogen) atoms. The highest BCUT2D eigenvalue weighted by atomic mass is 79.9. The average molecular weight is 705 g/mol. The van der Waals surface area contributed by atoms with Gasteiger partial charge < -0.3 is 16.0 Å². The summed E-state index contributed by atoms with van der Waals surface area (Å²) in [6, 6.07) is 40.9. The molecule has 8 heteroatoms. The van der Waals surface area contributed by atoms with Crippen molar-refractivity contribution in [3.8, 4) is 0 Å². The summed E-state index contributed by atoms with van der Waals surface area (Å²) in [5.74, 6) is -0.644. The Hall–Kier alpha value is -4.92. The minimum atomic E-state index is -0.551. The van der Waals surface area contributed by atoms with Gasteiger partial charge in [-0.3, -0.25) is 14.4 Å². The zero-order chi connectivity index (χ0) is 33.2. The van der Waals surface area contributed by atoms with E-state index in [9.17, 15) is 14.4 Å². The fourth-order valence-corrected chi connectivity index (χ4v) is 6.06. The number of thioether (sulfide) groups is 1. The lowest BCUT2D eigenvalue weighted by Gasteiger charge is -2.18. The lowest BCUT2D eigenvalue weighted by atomic mass is 10.0. The Morgan fingerprint density at radius 2 is 1.34 bits per heavy atom. The molecule has 5 aromatic rings. The molecule has 0 fully saturated rings. The highest BCUT2D eigenvalue weighted by Crippen LogP contribution is 2.37. The van der Waals surface area contributed by atoms with E-state index in [1.807, 2.05) is 103 Å². The molecule has 5 aromatic carbocycles. The molecule has 0 bridgehead atoms. The number of amides is 3. The van der Waals surface area contributed by atoms with Crippen LogP contribution in [0.25, 0.3) is 6.08 Å². The highest BCUT2D eigenvalue weighted by molar-refractivity contribution is 9.10. The number of halogens is 1. The summed E-state index contributed by atoms with van der Waals surface area (Å²) in [6.45, 7) is 4.26. The third-order valence-electron chi connectivity index (χ3n) is 7.24. The Balaban J connectivity index is 1.36. The molecule has 236 valence electrons. The number of hydrogen-bond acceptors (Lipinski definition) is 4. The molecule has 0 heterocycles. The molecule has 0 aliphatic heterocycles. The highest BCUT2D eigenvalue weighted by Gasteiger charge is 2.23. The number of rotatable bonds is 11. The maximum Gasteiger partial charge on any atom is 0.272 e. The number of carbonyl (C=O) groups is 3. The zero-order valence-electron chi connectivity index (χ0n) is 25.9. The number of anilines is 2. The van der Waals surface area contributed by atoms with Gasteiger partial charge in [0.25, 0.3) is 11.8 Å². The summed E-state index contributed by atoms with van der Waals surface area (Å²) in [6.07, 6.45) is 1.63. The van der Waals surface area contributed by atoms with Crippen molar-refractivity contribution in [3.63, 3.8) is 0 Å². The van der Waals surface area contributed by atoms with Crippen molar-refractivity contribution in [3.05, 3.63) is 166 Å². The monoisotopic (exact) mass is 703 g/mol. The van der Waals surface area contributed by atoms with Crippen LogP contribution in [-0.4, -0.2) is 17.7 Å². The molecule has 1 atom stereocenters. The van der Waals surface area contributed by atoms with Gasteiger partial charge in [0.1, 0.15) is 10.9 Å². The molecule has 0 aliphatic carbocycles. The molecule has 0 aliphatic rings. The smallest absolute Gasteiger partial charge is 0.272 e. The number of carbonyl (C=O) groups excluding carboxylic acids is 3. The number of nitrogens with one attached hydrogen (secondary N) is 3. The van der Waals surface area contributed by atoms with Crippen LogP contribution in [0.4, 0.5) is 11.4 Å². The molecular formula is C39H34BrN3O3S. The van der Waals surface area contributed by atoms with E-state index in [-0.39, 0.29) is 11.6 Å². The second-order valence-corrected chi connectivity index (χ2v) is 13.2. The molecule has 0 radical (unpaired) electrons. The normalized spacial score (nSPS) is 11.9. The second kappa shape index (κ2) is 16.1. The summed E-state index contributed by atoms with van der Waals surface area (Å²) >= 11 is 4.82. The number of hydrogen-bond donors (Lipinski definition) is 3. The molecular weight excluding hydrogens is 670 g/mol. The van der Waals surface area contributed by atoms with Crippen molar-refractivity contribution in [2.45, 2.75) is 29.9 Å². The molecule has 3 N–H and O–H groups in total. The maximum atomic E-state index is 13.7. The van der Waals surface area contributed by atoms with Gasteiger partial charge in [-0.2, -0.15) is 0 Å². The minimum absolute atomic E-state index is 0.0873. The first-order chi connectivity index (χ1) is 22.7. The first-order valence-corrected chi connectivity index (χ1v) is 16.8. The van der Waals surface area contributed by atoms with Crippen LogP contribution in [-0.2, 0) is 9.59 Å². The summed E-state index contributed by atoms with van der Waals surface area (Å²) in [5, 5.41) is 8.21. The quantitative estimate of drug-likeness (QED) is 0.0945. The van der Waals surface area contributed by atoms with Crippen molar-refractivity contribution in [2.24, 2.45) is 0 Å². The van der Waals surface area contributed by atoms with Gasteiger partial charge in [-0.15, -0.1) is 11.8 Å². The van der Waals surface area contributed by atoms with Crippen LogP contribution in [0.15, 0.2) is 149 Å². The van der Waals surface area contributed by atoms with E-state index in [4.69, 9.17) is 0 Å². The van der Waals surface area contributed by atoms with E-state index in [1.54, 1.807) is 36.4 Å². The van der Waals surface area contributed by atoms with Crippen molar-refractivity contribution in [1.29, 1.82) is 0 Å². The van der Waals surface area contributed by atoms with Gasteiger partial charge in [-0.1, -0.05) is 109 Å². The minimum Gasteiger partial charge on any atom is -0.325 e. The van der Waals surface area contributed by atoms with Crippen LogP contribution in [0.2, 0.25) is 0 Å². The molecule has 3 amide bonds. The van der Waals surface area contributed by atoms with E-state index in [0.717, 1.165) is 26.2 Å². The van der Waals surface area contributed by atoms with E-state index in [0.29, 0.717) is 17.2 Å². The van der Waals surface area contributed by atoms with Crippen LogP contribution in [0, 0.1) is 0 Å². The molecule has 0 saturated heterocycles. The molecule has 0 saturated carbocycles. The van der Waals surface area contributed by atoms with Gasteiger partial charge in [0.15, 0.2) is 0 Å². The standard InChI is InChI=1S/C39H34BrN3O3S/c1-26(2)28-18-22-32(23-19-28)41-39(46)36(29-10-5-3-6-11-29)47-34-15-9-14-33(25-34)42-38(45)35(24-27-16-20-31(40)21-17-27)43-37(44)30-12-7-4-8-13-30/h3-26,36H,1-2H3,(H,41,46)(H,42,45)(H,43,44)/b35-24-. The Bertz CT molecular complexity index is 1860. The SMILES string of the molecule is CC(C)c1ccc(NC(=O)C(Sc2cccc(NC(=O)/C(=C/c3ccc(Br)cc3)NC(=O)c3ccccc3)c2)c2ccccc2)cc1. The van der Waals surface area contributed by atoms with E-state index < -0.39 is 17.1 Å². The molecule has 1 unspecified atom stereocenters. The third kappa shape index (κ3) is 9.54. The van der Waals surface area contributed by atoms with Crippen molar-refractivity contribution in [2.75, 3.05) is 10.6 Å². The fourth-order valence-electron chi connectivity index (χ4n) is 4.71. The fraction of sp³-hybridized carbons (Fsp3) is 0.103. The van der Waals surface area contributed by atoms with Gasteiger partial charge in [0, 0.05) is 26.3 Å². The topological polar surface area (TPSA) is 87.3 Å². The van der Waals surface area contributed by atoms with Gasteiger partial charge in [-0.25, -0.2) is 0 Å². The maximum absolute atomic E-state index is 13.7. The first kappa shape index (κ1) is 33.4. The summed E-state index contributed by atoms with van der Waals surface area (Å²) in [7, 11) is 0. The van der Waals surface area contributed by atoms with Crippen LogP contribution in [0.5, 0.6) is 0 Å². The van der Waals surface area contributed by atoms with Gasteiger partial charge in [0.2, 0.25) is 5.91 Å². The molecule has 0 spiro atoms. The van der Waals surface area contributed by atoms with Crippen molar-refractivity contribution in [1.82, 2.24) is 5.32 Å². The predicted molar refractivity (Wildman–Crippen MR) is 195 cm³/mol. The van der Waals surface area contributed by atoms with E-state index in [1.165, 1.54) is 17.3 Å². The first-order valence-electron chi connectivity index (χ1n) is 15.1. The van der Waals surface area contributed by atoms with Crippen LogP contribution in [0.3, 0.4) is 0 Å². The lowest BCUT2D eigenvalue weighted by Crippen LogP contribution is -2.30. The van der Waals surface area contributed by atoms with Gasteiger partial charge >= 0.3 is 0 Å². The summed E-state index contributed by atoms with van der Waals surface area (Å²) < 4.78 is 0.898. The molecule has 6 nitrogen and oxygen atoms in total. The van der Waals surface area contributed by atoms with E-state index >= 15 is 0 Å².